The van der Waals surface area contributed by atoms with Crippen molar-refractivity contribution < 1.29 is 22.7 Å². The number of Topliss-reactive ketones (excluding diaryl/α,β-unsaturated/α-hetero) is 1. The van der Waals surface area contributed by atoms with Gasteiger partial charge in [0.1, 0.15) is 5.75 Å². The molecule has 0 spiro atoms. The van der Waals surface area contributed by atoms with Crippen molar-refractivity contribution in [3.05, 3.63) is 29.8 Å². The molecule has 88 valence electrons. The average molecular weight is 297 g/mol. The van der Waals surface area contributed by atoms with Crippen LogP contribution >= 0.6 is 15.9 Å². The summed E-state index contributed by atoms with van der Waals surface area (Å²) in [5, 5.41) is 0.176. The lowest BCUT2D eigenvalue weighted by Crippen LogP contribution is -2.19. The predicted octanol–water partition coefficient (Wildman–Crippen LogP) is 3.21. The normalized spacial score (nSPS) is 11.2. The molecule has 0 saturated carbocycles. The molecule has 0 unspecified atom stereocenters. The minimum Gasteiger partial charge on any atom is -0.484 e. The van der Waals surface area contributed by atoms with Gasteiger partial charge >= 0.3 is 6.18 Å². The number of ketones is 1. The van der Waals surface area contributed by atoms with Crippen LogP contribution in [-0.4, -0.2) is 23.9 Å². The van der Waals surface area contributed by atoms with Crippen LogP contribution in [0.3, 0.4) is 0 Å². The number of hydrogen-bond donors (Lipinski definition) is 0. The molecule has 0 saturated heterocycles. The van der Waals surface area contributed by atoms with Crippen LogP contribution in [0.25, 0.3) is 0 Å². The molecular weight excluding hydrogens is 289 g/mol. The molecule has 1 rings (SSSR count). The molecule has 2 nitrogen and oxygen atoms in total. The Kier molecular flexibility index (Phi) is 4.35. The Morgan fingerprint density at radius 2 is 1.81 bits per heavy atom. The van der Waals surface area contributed by atoms with E-state index in [0.717, 1.165) is 0 Å². The highest BCUT2D eigenvalue weighted by molar-refractivity contribution is 9.09. The fourth-order valence-corrected chi connectivity index (χ4v) is 1.30. The topological polar surface area (TPSA) is 26.3 Å². The number of halogens is 4. The zero-order valence-electron chi connectivity index (χ0n) is 8.05. The Morgan fingerprint density at radius 1 is 1.25 bits per heavy atom. The summed E-state index contributed by atoms with van der Waals surface area (Å²) in [6.07, 6.45) is -4.36. The van der Waals surface area contributed by atoms with E-state index in [1.807, 2.05) is 0 Å². The monoisotopic (exact) mass is 296 g/mol. The fourth-order valence-electron chi connectivity index (χ4n) is 0.979. The second kappa shape index (κ2) is 5.34. The molecule has 0 heterocycles. The summed E-state index contributed by atoms with van der Waals surface area (Å²) in [6, 6.07) is 5.52. The third-order valence-corrected chi connectivity index (χ3v) is 2.21. The van der Waals surface area contributed by atoms with Gasteiger partial charge in [-0.1, -0.05) is 15.9 Å². The Morgan fingerprint density at radius 3 is 2.25 bits per heavy atom. The molecule has 1 aromatic carbocycles. The number of carbonyl (C=O) groups is 1. The SMILES string of the molecule is O=C(CBr)c1ccc(OCC(F)(F)F)cc1. The molecular formula is C10H8BrF3O2. The predicted molar refractivity (Wildman–Crippen MR) is 56.1 cm³/mol. The molecule has 0 atom stereocenters. The van der Waals surface area contributed by atoms with E-state index in [1.54, 1.807) is 0 Å². The third kappa shape index (κ3) is 4.22. The van der Waals surface area contributed by atoms with Gasteiger partial charge in [-0.3, -0.25) is 4.79 Å². The highest BCUT2D eigenvalue weighted by Gasteiger charge is 2.28. The Bertz CT molecular complexity index is 359. The van der Waals surface area contributed by atoms with Crippen LogP contribution in [0.5, 0.6) is 5.75 Å². The van der Waals surface area contributed by atoms with E-state index in [4.69, 9.17) is 0 Å². The first-order valence-electron chi connectivity index (χ1n) is 4.31. The molecule has 0 aromatic heterocycles. The van der Waals surface area contributed by atoms with Gasteiger partial charge in [0.05, 0.1) is 5.33 Å². The zero-order chi connectivity index (χ0) is 12.2. The maximum Gasteiger partial charge on any atom is 0.422 e. The molecule has 16 heavy (non-hydrogen) atoms. The molecule has 0 N–H and O–H groups in total. The van der Waals surface area contributed by atoms with Gasteiger partial charge in [0.25, 0.3) is 0 Å². The van der Waals surface area contributed by atoms with Crippen LogP contribution in [0, 0.1) is 0 Å². The summed E-state index contributed by atoms with van der Waals surface area (Å²) in [6.45, 7) is -1.33. The van der Waals surface area contributed by atoms with Gasteiger partial charge in [0.2, 0.25) is 0 Å². The van der Waals surface area contributed by atoms with Crippen molar-refractivity contribution in [1.29, 1.82) is 0 Å². The van der Waals surface area contributed by atoms with E-state index >= 15 is 0 Å². The maximum absolute atomic E-state index is 11.8. The second-order valence-electron chi connectivity index (χ2n) is 2.99. The van der Waals surface area contributed by atoms with Crippen LogP contribution in [-0.2, 0) is 0 Å². The van der Waals surface area contributed by atoms with Crippen molar-refractivity contribution in [3.8, 4) is 5.75 Å². The Labute approximate surface area is 98.5 Å². The van der Waals surface area contributed by atoms with Crippen molar-refractivity contribution in [1.82, 2.24) is 0 Å². The van der Waals surface area contributed by atoms with Crippen LogP contribution in [0.2, 0.25) is 0 Å². The van der Waals surface area contributed by atoms with Gasteiger partial charge in [-0.15, -0.1) is 0 Å². The number of hydrogen-bond acceptors (Lipinski definition) is 2. The number of benzene rings is 1. The van der Waals surface area contributed by atoms with Gasteiger partial charge in [-0.25, -0.2) is 0 Å². The van der Waals surface area contributed by atoms with Crippen molar-refractivity contribution in [2.45, 2.75) is 6.18 Å². The van der Waals surface area contributed by atoms with Crippen LogP contribution < -0.4 is 4.74 Å². The molecule has 0 radical (unpaired) electrons. The second-order valence-corrected chi connectivity index (χ2v) is 3.55. The molecule has 1 aromatic rings. The standard InChI is InChI=1S/C10H8BrF3O2/c11-5-9(15)7-1-3-8(4-2-7)16-6-10(12,13)14/h1-4H,5-6H2. The van der Waals surface area contributed by atoms with Gasteiger partial charge in [0.15, 0.2) is 12.4 Å². The summed E-state index contributed by atoms with van der Waals surface area (Å²) < 4.78 is 39.9. The van der Waals surface area contributed by atoms with Crippen LogP contribution in [0.1, 0.15) is 10.4 Å². The maximum atomic E-state index is 11.8. The first-order valence-corrected chi connectivity index (χ1v) is 5.43. The third-order valence-electron chi connectivity index (χ3n) is 1.70. The Hall–Kier alpha value is -1.04. The summed E-state index contributed by atoms with van der Waals surface area (Å²) in [7, 11) is 0. The highest BCUT2D eigenvalue weighted by Crippen LogP contribution is 2.19. The first-order chi connectivity index (χ1) is 7.42. The lowest BCUT2D eigenvalue weighted by atomic mass is 10.1. The highest BCUT2D eigenvalue weighted by atomic mass is 79.9. The van der Waals surface area contributed by atoms with E-state index < -0.39 is 12.8 Å². The van der Waals surface area contributed by atoms with Gasteiger partial charge in [0, 0.05) is 5.56 Å². The summed E-state index contributed by atoms with van der Waals surface area (Å²) in [4.78, 5) is 11.2. The molecule has 0 aliphatic rings. The van der Waals surface area contributed by atoms with Crippen LogP contribution in [0.15, 0.2) is 24.3 Å². The largest absolute Gasteiger partial charge is 0.484 e. The van der Waals surface area contributed by atoms with Gasteiger partial charge < -0.3 is 4.74 Å². The van der Waals surface area contributed by atoms with Crippen LogP contribution in [0.4, 0.5) is 13.2 Å². The lowest BCUT2D eigenvalue weighted by Gasteiger charge is -2.09. The molecule has 0 amide bonds. The summed E-state index contributed by atoms with van der Waals surface area (Å²) in [5.41, 5.74) is 0.427. The summed E-state index contributed by atoms with van der Waals surface area (Å²) >= 11 is 3.00. The van der Waals surface area contributed by atoms with Crippen molar-refractivity contribution in [3.63, 3.8) is 0 Å². The van der Waals surface area contributed by atoms with Crippen molar-refractivity contribution in [2.75, 3.05) is 11.9 Å². The fraction of sp³-hybridized carbons (Fsp3) is 0.300. The van der Waals surface area contributed by atoms with Gasteiger partial charge in [-0.05, 0) is 24.3 Å². The molecule has 6 heteroatoms. The number of ether oxygens (including phenoxy) is 1. The van der Waals surface area contributed by atoms with E-state index in [0.29, 0.717) is 5.56 Å². The van der Waals surface area contributed by atoms with Gasteiger partial charge in [-0.2, -0.15) is 13.2 Å². The van der Waals surface area contributed by atoms with E-state index in [-0.39, 0.29) is 16.9 Å². The number of alkyl halides is 4. The molecule has 0 bridgehead atoms. The smallest absolute Gasteiger partial charge is 0.422 e. The molecule has 0 aliphatic heterocycles. The number of rotatable bonds is 4. The summed E-state index contributed by atoms with van der Waals surface area (Å²) in [5.74, 6) is -0.0502. The van der Waals surface area contributed by atoms with Crippen molar-refractivity contribution in [2.24, 2.45) is 0 Å². The van der Waals surface area contributed by atoms with Crippen molar-refractivity contribution >= 4 is 21.7 Å². The Balaban J connectivity index is 2.62. The lowest BCUT2D eigenvalue weighted by molar-refractivity contribution is -0.153. The quantitative estimate of drug-likeness (QED) is 0.630. The zero-order valence-corrected chi connectivity index (χ0v) is 9.64. The molecule has 0 fully saturated rings. The van der Waals surface area contributed by atoms with E-state index in [1.165, 1.54) is 24.3 Å². The van der Waals surface area contributed by atoms with E-state index in [2.05, 4.69) is 20.7 Å². The number of carbonyl (C=O) groups excluding carboxylic acids is 1. The molecule has 0 aliphatic carbocycles. The first kappa shape index (κ1) is 13.0. The van der Waals surface area contributed by atoms with E-state index in [9.17, 15) is 18.0 Å². The minimum absolute atomic E-state index is 0.0865. The minimum atomic E-state index is -4.36. The average Bonchev–Trinajstić information content (AvgIpc) is 2.25.